The molecule has 0 atom stereocenters. The molecule has 1 heterocycles. The minimum absolute atomic E-state index is 0.310. The molecule has 2 aromatic rings. The molecule has 1 fully saturated rings. The number of hydrogen-bond donors (Lipinski definition) is 0. The number of thioether (sulfide) groups is 1. The lowest BCUT2D eigenvalue weighted by atomic mass is 10.1. The fourth-order valence-corrected chi connectivity index (χ4v) is 3.65. The smallest absolute Gasteiger partial charge is 0.298 e. The minimum atomic E-state index is -0.336. The predicted octanol–water partition coefficient (Wildman–Crippen LogP) is 4.56. The van der Waals surface area contributed by atoms with Gasteiger partial charge in [-0.3, -0.25) is 9.59 Å². The van der Waals surface area contributed by atoms with Crippen LogP contribution in [-0.2, 0) is 4.79 Å². The van der Waals surface area contributed by atoms with E-state index in [4.69, 9.17) is 9.47 Å². The topological polar surface area (TPSA) is 55.8 Å². The van der Waals surface area contributed by atoms with E-state index in [1.54, 1.807) is 44.6 Å². The third-order valence-electron chi connectivity index (χ3n) is 4.11. The molecule has 1 aliphatic rings. The number of rotatable bonds is 4. The van der Waals surface area contributed by atoms with Crippen LogP contribution >= 0.6 is 11.8 Å². The Morgan fingerprint density at radius 1 is 1.00 bits per heavy atom. The molecule has 0 aromatic heterocycles. The minimum Gasteiger partial charge on any atom is -0.497 e. The molecule has 3 rings (SSSR count). The summed E-state index contributed by atoms with van der Waals surface area (Å²) in [6.07, 6.45) is 1.66. The van der Waals surface area contributed by atoms with E-state index in [1.165, 1.54) is 4.90 Å². The van der Waals surface area contributed by atoms with Crippen LogP contribution in [0.3, 0.4) is 0 Å². The zero-order chi connectivity index (χ0) is 18.8. The Labute approximate surface area is 156 Å². The molecule has 0 N–H and O–H groups in total. The molecule has 0 radical (unpaired) electrons. The third kappa shape index (κ3) is 3.32. The van der Waals surface area contributed by atoms with Crippen molar-refractivity contribution in [3.8, 4) is 11.5 Å². The zero-order valence-corrected chi connectivity index (χ0v) is 15.8. The number of methoxy groups -OCH3 is 2. The largest absolute Gasteiger partial charge is 0.497 e. The molecule has 2 aromatic carbocycles. The van der Waals surface area contributed by atoms with Gasteiger partial charge in [-0.15, -0.1) is 0 Å². The van der Waals surface area contributed by atoms with Crippen molar-refractivity contribution < 1.29 is 19.1 Å². The Morgan fingerprint density at radius 2 is 1.77 bits per heavy atom. The van der Waals surface area contributed by atoms with Crippen molar-refractivity contribution in [1.29, 1.82) is 0 Å². The summed E-state index contributed by atoms with van der Waals surface area (Å²) in [5, 5.41) is -0.310. The van der Waals surface area contributed by atoms with E-state index in [0.717, 1.165) is 22.9 Å². The van der Waals surface area contributed by atoms with E-state index >= 15 is 0 Å². The molecule has 134 valence electrons. The van der Waals surface area contributed by atoms with Crippen LogP contribution in [0.4, 0.5) is 10.5 Å². The highest BCUT2D eigenvalue weighted by Gasteiger charge is 2.37. The van der Waals surface area contributed by atoms with Gasteiger partial charge in [0.05, 0.1) is 24.8 Å². The van der Waals surface area contributed by atoms with E-state index in [0.29, 0.717) is 27.7 Å². The number of carbonyl (C=O) groups excluding carboxylic acids is 2. The number of anilines is 1. The molecule has 1 saturated heterocycles. The van der Waals surface area contributed by atoms with Gasteiger partial charge in [0.1, 0.15) is 11.5 Å². The van der Waals surface area contributed by atoms with Crippen LogP contribution in [0.25, 0.3) is 6.08 Å². The van der Waals surface area contributed by atoms with Gasteiger partial charge in [0, 0.05) is 5.56 Å². The Morgan fingerprint density at radius 3 is 2.42 bits per heavy atom. The second kappa shape index (κ2) is 7.25. The van der Waals surface area contributed by atoms with Gasteiger partial charge in [0.25, 0.3) is 11.1 Å². The first-order chi connectivity index (χ1) is 12.4. The van der Waals surface area contributed by atoms with Crippen LogP contribution in [0.15, 0.2) is 41.3 Å². The van der Waals surface area contributed by atoms with Crippen molar-refractivity contribution in [2.45, 2.75) is 13.8 Å². The lowest BCUT2D eigenvalue weighted by molar-refractivity contribution is -0.113. The van der Waals surface area contributed by atoms with E-state index < -0.39 is 0 Å². The van der Waals surface area contributed by atoms with Gasteiger partial charge >= 0.3 is 0 Å². The fraction of sp³-hybridized carbons (Fsp3) is 0.200. The number of amides is 2. The number of ether oxygens (including phenoxy) is 2. The second-order valence-corrected chi connectivity index (χ2v) is 6.91. The number of benzene rings is 2. The molecule has 0 spiro atoms. The summed E-state index contributed by atoms with van der Waals surface area (Å²) in [7, 11) is 3.13. The highest BCUT2D eigenvalue weighted by molar-refractivity contribution is 8.19. The van der Waals surface area contributed by atoms with Gasteiger partial charge in [-0.25, -0.2) is 4.90 Å². The predicted molar refractivity (Wildman–Crippen MR) is 104 cm³/mol. The third-order valence-corrected chi connectivity index (χ3v) is 4.98. The van der Waals surface area contributed by atoms with Gasteiger partial charge in [0.15, 0.2) is 0 Å². The number of nitrogens with zero attached hydrogens (tertiary/aromatic N) is 1. The number of carbonyl (C=O) groups is 2. The summed E-state index contributed by atoms with van der Waals surface area (Å²) in [6.45, 7) is 3.86. The van der Waals surface area contributed by atoms with Gasteiger partial charge in [-0.05, 0) is 61.5 Å². The van der Waals surface area contributed by atoms with Crippen molar-refractivity contribution in [2.24, 2.45) is 0 Å². The quantitative estimate of drug-likeness (QED) is 0.740. The molecular formula is C20H19NO4S. The van der Waals surface area contributed by atoms with Crippen molar-refractivity contribution in [1.82, 2.24) is 0 Å². The first-order valence-electron chi connectivity index (χ1n) is 8.02. The second-order valence-electron chi connectivity index (χ2n) is 5.91. The van der Waals surface area contributed by atoms with Gasteiger partial charge in [-0.1, -0.05) is 17.7 Å². The molecule has 1 aliphatic heterocycles. The Hall–Kier alpha value is -2.73. The standard InChI is InChI=1S/C20H19NO4S/c1-12-5-7-16(13(2)9-12)21-19(22)18(26-20(21)23)11-14-10-15(24-3)6-8-17(14)25-4/h5-11H,1-4H3/b18-11-. The molecule has 2 amide bonds. The molecule has 0 saturated carbocycles. The number of hydrogen-bond acceptors (Lipinski definition) is 5. The first-order valence-corrected chi connectivity index (χ1v) is 8.83. The fourth-order valence-electron chi connectivity index (χ4n) is 2.83. The SMILES string of the molecule is COc1ccc(OC)c(/C=C2\SC(=O)N(c3ccc(C)cc3C)C2=O)c1. The number of imide groups is 1. The zero-order valence-electron chi connectivity index (χ0n) is 15.0. The van der Waals surface area contributed by atoms with Crippen molar-refractivity contribution in [3.63, 3.8) is 0 Å². The molecule has 5 nitrogen and oxygen atoms in total. The molecule has 0 unspecified atom stereocenters. The molecule has 6 heteroatoms. The maximum Gasteiger partial charge on any atom is 0.298 e. The summed E-state index contributed by atoms with van der Waals surface area (Å²) in [5.41, 5.74) is 3.25. The van der Waals surface area contributed by atoms with Crippen LogP contribution in [-0.4, -0.2) is 25.4 Å². The van der Waals surface area contributed by atoms with Crippen molar-refractivity contribution in [2.75, 3.05) is 19.1 Å². The normalized spacial score (nSPS) is 15.7. The number of aryl methyl sites for hydroxylation is 2. The van der Waals surface area contributed by atoms with Gasteiger partial charge in [0.2, 0.25) is 0 Å². The lowest BCUT2D eigenvalue weighted by Gasteiger charge is -2.15. The van der Waals surface area contributed by atoms with Crippen LogP contribution in [0, 0.1) is 13.8 Å². The van der Waals surface area contributed by atoms with Gasteiger partial charge < -0.3 is 9.47 Å². The van der Waals surface area contributed by atoms with Crippen LogP contribution < -0.4 is 14.4 Å². The van der Waals surface area contributed by atoms with E-state index in [1.807, 2.05) is 26.0 Å². The molecule has 0 aliphatic carbocycles. The summed E-state index contributed by atoms with van der Waals surface area (Å²) >= 11 is 0.919. The van der Waals surface area contributed by atoms with E-state index in [2.05, 4.69) is 0 Å². The summed E-state index contributed by atoms with van der Waals surface area (Å²) in [4.78, 5) is 26.9. The Bertz CT molecular complexity index is 920. The van der Waals surface area contributed by atoms with Crippen LogP contribution in [0.1, 0.15) is 16.7 Å². The van der Waals surface area contributed by atoms with Crippen LogP contribution in [0.5, 0.6) is 11.5 Å². The maximum atomic E-state index is 12.9. The Kier molecular flexibility index (Phi) is 5.04. The lowest BCUT2D eigenvalue weighted by Crippen LogP contribution is -2.28. The van der Waals surface area contributed by atoms with E-state index in [9.17, 15) is 9.59 Å². The van der Waals surface area contributed by atoms with E-state index in [-0.39, 0.29) is 11.1 Å². The summed E-state index contributed by atoms with van der Waals surface area (Å²) in [5.74, 6) is 0.909. The van der Waals surface area contributed by atoms with Crippen molar-refractivity contribution >= 4 is 34.7 Å². The average molecular weight is 369 g/mol. The monoisotopic (exact) mass is 369 g/mol. The highest BCUT2D eigenvalue weighted by Crippen LogP contribution is 2.38. The first kappa shape index (κ1) is 18.1. The average Bonchev–Trinajstić information content (AvgIpc) is 2.89. The highest BCUT2D eigenvalue weighted by atomic mass is 32.2. The molecular weight excluding hydrogens is 350 g/mol. The molecule has 0 bridgehead atoms. The molecule has 26 heavy (non-hydrogen) atoms. The van der Waals surface area contributed by atoms with Gasteiger partial charge in [-0.2, -0.15) is 0 Å². The Balaban J connectivity index is 2.00. The maximum absolute atomic E-state index is 12.9. The summed E-state index contributed by atoms with van der Waals surface area (Å²) in [6, 6.07) is 10.9. The van der Waals surface area contributed by atoms with Crippen LogP contribution in [0.2, 0.25) is 0 Å². The summed E-state index contributed by atoms with van der Waals surface area (Å²) < 4.78 is 10.6. The van der Waals surface area contributed by atoms with Crippen molar-refractivity contribution in [3.05, 3.63) is 58.0 Å².